The molecule has 2 heteroatoms. The fraction of sp³-hybridized carbons (Fsp3) is 0.929. The normalized spacial score (nSPS) is 28.1. The van der Waals surface area contributed by atoms with E-state index in [0.717, 1.165) is 12.5 Å². The number of likely N-dealkylation sites (tertiary alicyclic amines) is 1. The van der Waals surface area contributed by atoms with Crippen LogP contribution in [0.5, 0.6) is 0 Å². The van der Waals surface area contributed by atoms with Gasteiger partial charge in [0.1, 0.15) is 5.78 Å². The molecule has 1 saturated heterocycles. The maximum atomic E-state index is 11.9. The van der Waals surface area contributed by atoms with E-state index in [4.69, 9.17) is 0 Å². The number of nitrogens with zero attached hydrogens (tertiary/aromatic N) is 1. The average molecular weight is 225 g/mol. The summed E-state index contributed by atoms with van der Waals surface area (Å²) in [5.41, 5.74) is -0.176. The van der Waals surface area contributed by atoms with E-state index in [1.807, 2.05) is 20.8 Å². The Morgan fingerprint density at radius 2 is 1.94 bits per heavy atom. The molecule has 0 spiro atoms. The molecule has 0 aliphatic carbocycles. The second-order valence-electron chi connectivity index (χ2n) is 6.32. The lowest BCUT2D eigenvalue weighted by Crippen LogP contribution is -2.43. The number of rotatable bonds is 3. The zero-order chi connectivity index (χ0) is 12.3. The van der Waals surface area contributed by atoms with Crippen molar-refractivity contribution in [1.29, 1.82) is 0 Å². The molecule has 1 aliphatic rings. The van der Waals surface area contributed by atoms with Crippen LogP contribution in [-0.2, 0) is 4.79 Å². The summed E-state index contributed by atoms with van der Waals surface area (Å²) in [6.07, 6.45) is 3.33. The number of ketones is 1. The fourth-order valence-electron chi connectivity index (χ4n) is 2.36. The van der Waals surface area contributed by atoms with Gasteiger partial charge in [0.05, 0.1) is 0 Å². The molecule has 1 fully saturated rings. The molecule has 16 heavy (non-hydrogen) atoms. The predicted octanol–water partition coefficient (Wildman–Crippen LogP) is 3.11. The van der Waals surface area contributed by atoms with E-state index in [9.17, 15) is 4.79 Å². The molecule has 0 aromatic heterocycles. The SMILES string of the molecule is CC1CCCN(CCC(=O)C(C)(C)C)C1C. The van der Waals surface area contributed by atoms with Crippen molar-refractivity contribution in [3.05, 3.63) is 0 Å². The summed E-state index contributed by atoms with van der Waals surface area (Å²) in [7, 11) is 0. The van der Waals surface area contributed by atoms with Gasteiger partial charge in [0, 0.05) is 24.4 Å². The molecule has 94 valence electrons. The van der Waals surface area contributed by atoms with Crippen LogP contribution in [-0.4, -0.2) is 29.8 Å². The maximum absolute atomic E-state index is 11.9. The Morgan fingerprint density at radius 3 is 2.50 bits per heavy atom. The van der Waals surface area contributed by atoms with Crippen molar-refractivity contribution in [2.24, 2.45) is 11.3 Å². The first-order valence-electron chi connectivity index (χ1n) is 6.59. The minimum atomic E-state index is -0.176. The number of carbonyl (C=O) groups excluding carboxylic acids is 1. The summed E-state index contributed by atoms with van der Waals surface area (Å²) in [6.45, 7) is 12.8. The van der Waals surface area contributed by atoms with E-state index < -0.39 is 0 Å². The van der Waals surface area contributed by atoms with Gasteiger partial charge in [-0.15, -0.1) is 0 Å². The fourth-order valence-corrected chi connectivity index (χ4v) is 2.36. The van der Waals surface area contributed by atoms with Gasteiger partial charge in [-0.25, -0.2) is 0 Å². The molecule has 0 saturated carbocycles. The number of piperidine rings is 1. The molecule has 1 aliphatic heterocycles. The average Bonchev–Trinajstić information content (AvgIpc) is 2.18. The van der Waals surface area contributed by atoms with Crippen LogP contribution in [0.25, 0.3) is 0 Å². The Bertz CT molecular complexity index is 242. The molecule has 2 unspecified atom stereocenters. The molecule has 0 radical (unpaired) electrons. The molecule has 0 aromatic carbocycles. The lowest BCUT2D eigenvalue weighted by atomic mass is 9.88. The van der Waals surface area contributed by atoms with E-state index in [0.29, 0.717) is 18.2 Å². The standard InChI is InChI=1S/C14H27NO/c1-11-7-6-9-15(12(11)2)10-8-13(16)14(3,4)5/h11-12H,6-10H2,1-5H3. The highest BCUT2D eigenvalue weighted by Crippen LogP contribution is 2.24. The first-order chi connectivity index (χ1) is 7.32. The second-order valence-corrected chi connectivity index (χ2v) is 6.32. The third-order valence-corrected chi connectivity index (χ3v) is 3.97. The monoisotopic (exact) mass is 225 g/mol. The third-order valence-electron chi connectivity index (χ3n) is 3.97. The molecule has 1 heterocycles. The molecule has 0 aromatic rings. The summed E-state index contributed by atoms with van der Waals surface area (Å²) < 4.78 is 0. The Morgan fingerprint density at radius 1 is 1.31 bits per heavy atom. The molecule has 2 nitrogen and oxygen atoms in total. The van der Waals surface area contributed by atoms with Crippen molar-refractivity contribution in [1.82, 2.24) is 4.90 Å². The Balaban J connectivity index is 2.40. The predicted molar refractivity (Wildman–Crippen MR) is 68.5 cm³/mol. The van der Waals surface area contributed by atoms with Crippen LogP contribution in [0.15, 0.2) is 0 Å². The van der Waals surface area contributed by atoms with Gasteiger partial charge in [-0.2, -0.15) is 0 Å². The summed E-state index contributed by atoms with van der Waals surface area (Å²) in [5.74, 6) is 1.16. The molecule has 2 atom stereocenters. The van der Waals surface area contributed by atoms with Crippen LogP contribution in [0.2, 0.25) is 0 Å². The Labute approximate surface area is 100 Å². The van der Waals surface area contributed by atoms with Gasteiger partial charge in [0.25, 0.3) is 0 Å². The van der Waals surface area contributed by atoms with Crippen LogP contribution >= 0.6 is 0 Å². The zero-order valence-corrected chi connectivity index (χ0v) is 11.5. The lowest BCUT2D eigenvalue weighted by molar-refractivity contribution is -0.126. The third kappa shape index (κ3) is 3.58. The molecular formula is C14H27NO. The van der Waals surface area contributed by atoms with Gasteiger partial charge in [0.15, 0.2) is 0 Å². The smallest absolute Gasteiger partial charge is 0.139 e. The molecule has 1 rings (SSSR count). The Hall–Kier alpha value is -0.370. The second kappa shape index (κ2) is 5.31. The van der Waals surface area contributed by atoms with Crippen molar-refractivity contribution < 1.29 is 4.79 Å². The van der Waals surface area contributed by atoms with E-state index in [-0.39, 0.29) is 5.41 Å². The number of hydrogen-bond donors (Lipinski definition) is 0. The van der Waals surface area contributed by atoms with Crippen LogP contribution in [0.1, 0.15) is 53.9 Å². The summed E-state index contributed by atoms with van der Waals surface area (Å²) in [5, 5.41) is 0. The van der Waals surface area contributed by atoms with E-state index in [1.165, 1.54) is 19.4 Å². The van der Waals surface area contributed by atoms with E-state index >= 15 is 0 Å². The number of Topliss-reactive ketones (excluding diaryl/α,β-unsaturated/α-hetero) is 1. The highest BCUT2D eigenvalue weighted by Gasteiger charge is 2.26. The maximum Gasteiger partial charge on any atom is 0.139 e. The highest BCUT2D eigenvalue weighted by molar-refractivity contribution is 5.83. The molecule has 0 N–H and O–H groups in total. The number of carbonyl (C=O) groups is 1. The summed E-state index contributed by atoms with van der Waals surface area (Å²) >= 11 is 0. The van der Waals surface area contributed by atoms with Crippen molar-refractivity contribution >= 4 is 5.78 Å². The van der Waals surface area contributed by atoms with E-state index in [1.54, 1.807) is 0 Å². The first kappa shape index (κ1) is 13.7. The summed E-state index contributed by atoms with van der Waals surface area (Å²) in [6, 6.07) is 0.640. The topological polar surface area (TPSA) is 20.3 Å². The molecule has 0 bridgehead atoms. The largest absolute Gasteiger partial charge is 0.300 e. The van der Waals surface area contributed by atoms with Crippen molar-refractivity contribution in [2.45, 2.75) is 59.9 Å². The highest BCUT2D eigenvalue weighted by atomic mass is 16.1. The first-order valence-corrected chi connectivity index (χ1v) is 6.59. The molecule has 0 amide bonds. The van der Waals surface area contributed by atoms with Crippen molar-refractivity contribution in [3.8, 4) is 0 Å². The van der Waals surface area contributed by atoms with Crippen LogP contribution in [0.3, 0.4) is 0 Å². The van der Waals surface area contributed by atoms with Gasteiger partial charge < -0.3 is 0 Å². The Kier molecular flexibility index (Phi) is 4.54. The van der Waals surface area contributed by atoms with Gasteiger partial charge in [-0.1, -0.05) is 27.7 Å². The van der Waals surface area contributed by atoms with Crippen LogP contribution in [0.4, 0.5) is 0 Å². The lowest BCUT2D eigenvalue weighted by Gasteiger charge is -2.38. The zero-order valence-electron chi connectivity index (χ0n) is 11.5. The van der Waals surface area contributed by atoms with Gasteiger partial charge >= 0.3 is 0 Å². The molecular weight excluding hydrogens is 198 g/mol. The van der Waals surface area contributed by atoms with Gasteiger partial charge in [-0.3, -0.25) is 9.69 Å². The minimum Gasteiger partial charge on any atom is -0.300 e. The van der Waals surface area contributed by atoms with Gasteiger partial charge in [0.2, 0.25) is 0 Å². The summed E-state index contributed by atoms with van der Waals surface area (Å²) in [4.78, 5) is 14.4. The quantitative estimate of drug-likeness (QED) is 0.735. The van der Waals surface area contributed by atoms with Crippen molar-refractivity contribution in [3.63, 3.8) is 0 Å². The number of hydrogen-bond acceptors (Lipinski definition) is 2. The van der Waals surface area contributed by atoms with E-state index in [2.05, 4.69) is 18.7 Å². The van der Waals surface area contributed by atoms with Gasteiger partial charge in [-0.05, 0) is 32.2 Å². The van der Waals surface area contributed by atoms with Crippen LogP contribution < -0.4 is 0 Å². The van der Waals surface area contributed by atoms with Crippen LogP contribution in [0, 0.1) is 11.3 Å². The minimum absolute atomic E-state index is 0.176. The van der Waals surface area contributed by atoms with Crippen molar-refractivity contribution in [2.75, 3.05) is 13.1 Å².